The predicted molar refractivity (Wildman–Crippen MR) is 114 cm³/mol. The van der Waals surface area contributed by atoms with Crippen molar-refractivity contribution in [3.8, 4) is 0 Å². The standard InChI is InChI=1S/C22H22ClNO4S/c1-13-10-17(14(2)24(13)11-15-6-5-9-27-15)18(25)12-28-22(26)21-20(23)16-7-3-4-8-19(16)29-21/h3-4,7-8,10,15H,5-6,9,11-12H2,1-2H3. The van der Waals surface area contributed by atoms with Gasteiger partial charge in [-0.05, 0) is 38.8 Å². The van der Waals surface area contributed by atoms with Gasteiger partial charge in [-0.2, -0.15) is 0 Å². The van der Waals surface area contributed by atoms with Crippen LogP contribution in [0.25, 0.3) is 10.1 Å². The summed E-state index contributed by atoms with van der Waals surface area (Å²) in [4.78, 5) is 25.5. The minimum Gasteiger partial charge on any atom is -0.453 e. The molecule has 0 amide bonds. The van der Waals surface area contributed by atoms with Gasteiger partial charge in [0.1, 0.15) is 4.88 Å². The zero-order chi connectivity index (χ0) is 20.5. The first kappa shape index (κ1) is 20.1. The highest BCUT2D eigenvalue weighted by atomic mass is 35.5. The molecule has 3 aromatic rings. The number of fused-ring (bicyclic) bond motifs is 1. The minimum atomic E-state index is -0.572. The molecule has 1 aliphatic heterocycles. The number of carbonyl (C=O) groups excluding carboxylic acids is 2. The van der Waals surface area contributed by atoms with Crippen molar-refractivity contribution in [3.05, 3.63) is 57.2 Å². The Balaban J connectivity index is 1.45. The van der Waals surface area contributed by atoms with Crippen molar-refractivity contribution < 1.29 is 19.1 Å². The Morgan fingerprint density at radius 2 is 2.10 bits per heavy atom. The second-order valence-corrected chi connectivity index (χ2v) is 8.70. The molecule has 7 heteroatoms. The summed E-state index contributed by atoms with van der Waals surface area (Å²) < 4.78 is 14.0. The fourth-order valence-electron chi connectivity index (χ4n) is 3.78. The van der Waals surface area contributed by atoms with Crippen molar-refractivity contribution in [3.63, 3.8) is 0 Å². The zero-order valence-electron chi connectivity index (χ0n) is 16.4. The molecule has 1 saturated heterocycles. The molecule has 1 atom stereocenters. The van der Waals surface area contributed by atoms with E-state index >= 15 is 0 Å². The molecule has 0 N–H and O–H groups in total. The van der Waals surface area contributed by atoms with Gasteiger partial charge in [0.2, 0.25) is 5.78 Å². The highest BCUT2D eigenvalue weighted by Crippen LogP contribution is 2.35. The molecule has 4 rings (SSSR count). The third-order valence-electron chi connectivity index (χ3n) is 5.34. The van der Waals surface area contributed by atoms with Crippen molar-refractivity contribution in [2.45, 2.75) is 39.3 Å². The molecular formula is C22H22ClNO4S. The number of ketones is 1. The van der Waals surface area contributed by atoms with Crippen molar-refractivity contribution in [2.24, 2.45) is 0 Å². The van der Waals surface area contributed by atoms with E-state index in [0.717, 1.165) is 47.5 Å². The lowest BCUT2D eigenvalue weighted by molar-refractivity contribution is 0.0479. The van der Waals surface area contributed by atoms with Gasteiger partial charge in [-0.25, -0.2) is 4.79 Å². The lowest BCUT2D eigenvalue weighted by Crippen LogP contribution is -2.18. The van der Waals surface area contributed by atoms with E-state index in [4.69, 9.17) is 21.1 Å². The van der Waals surface area contributed by atoms with Crippen molar-refractivity contribution in [1.82, 2.24) is 4.57 Å². The molecule has 0 aliphatic carbocycles. The first-order valence-electron chi connectivity index (χ1n) is 9.61. The van der Waals surface area contributed by atoms with Crippen LogP contribution in [0.4, 0.5) is 0 Å². The summed E-state index contributed by atoms with van der Waals surface area (Å²) in [5.74, 6) is -0.792. The van der Waals surface area contributed by atoms with Crippen LogP contribution in [0.1, 0.15) is 44.3 Å². The maximum Gasteiger partial charge on any atom is 0.350 e. The Morgan fingerprint density at radius 1 is 1.31 bits per heavy atom. The number of benzene rings is 1. The molecule has 0 bridgehead atoms. The van der Waals surface area contributed by atoms with E-state index in [0.29, 0.717) is 15.5 Å². The second-order valence-electron chi connectivity index (χ2n) is 7.27. The minimum absolute atomic E-state index is 0.190. The Labute approximate surface area is 178 Å². The highest BCUT2D eigenvalue weighted by Gasteiger charge is 2.23. The average Bonchev–Trinajstić information content (AvgIpc) is 3.42. The van der Waals surface area contributed by atoms with Gasteiger partial charge in [0.15, 0.2) is 6.61 Å². The molecule has 1 unspecified atom stereocenters. The van der Waals surface area contributed by atoms with Gasteiger partial charge in [-0.15, -0.1) is 11.3 Å². The molecule has 2 aromatic heterocycles. The summed E-state index contributed by atoms with van der Waals surface area (Å²) in [6, 6.07) is 9.37. The summed E-state index contributed by atoms with van der Waals surface area (Å²) in [5.41, 5.74) is 2.45. The third kappa shape index (κ3) is 3.97. The largest absolute Gasteiger partial charge is 0.453 e. The molecule has 0 spiro atoms. The van der Waals surface area contributed by atoms with Crippen LogP contribution in [0.3, 0.4) is 0 Å². The Bertz CT molecular complexity index is 1080. The monoisotopic (exact) mass is 431 g/mol. The first-order valence-corrected chi connectivity index (χ1v) is 10.8. The molecule has 1 aromatic carbocycles. The lowest BCUT2D eigenvalue weighted by Gasteiger charge is -2.14. The van der Waals surface area contributed by atoms with Crippen LogP contribution in [-0.4, -0.2) is 35.6 Å². The summed E-state index contributed by atoms with van der Waals surface area (Å²) in [6.45, 7) is 5.11. The molecule has 5 nitrogen and oxygen atoms in total. The zero-order valence-corrected chi connectivity index (χ0v) is 17.9. The topological polar surface area (TPSA) is 57.5 Å². The number of Topliss-reactive ketones (excluding diaryl/α,β-unsaturated/α-hetero) is 1. The summed E-state index contributed by atoms with van der Waals surface area (Å²) in [7, 11) is 0. The molecule has 1 aliphatic rings. The molecule has 0 saturated carbocycles. The van der Waals surface area contributed by atoms with E-state index in [1.54, 1.807) is 0 Å². The summed E-state index contributed by atoms with van der Waals surface area (Å²) in [6.07, 6.45) is 2.30. The maximum absolute atomic E-state index is 12.7. The van der Waals surface area contributed by atoms with E-state index in [9.17, 15) is 9.59 Å². The van der Waals surface area contributed by atoms with E-state index in [-0.39, 0.29) is 18.5 Å². The van der Waals surface area contributed by atoms with Gasteiger partial charge < -0.3 is 14.0 Å². The molecule has 3 heterocycles. The quantitative estimate of drug-likeness (QED) is 0.398. The number of esters is 1. The summed E-state index contributed by atoms with van der Waals surface area (Å²) in [5, 5.41) is 1.19. The average molecular weight is 432 g/mol. The number of rotatable bonds is 6. The molecule has 29 heavy (non-hydrogen) atoms. The van der Waals surface area contributed by atoms with Gasteiger partial charge in [0.05, 0.1) is 11.1 Å². The van der Waals surface area contributed by atoms with E-state index in [1.807, 2.05) is 44.2 Å². The number of hydrogen-bond donors (Lipinski definition) is 0. The Kier molecular flexibility index (Phi) is 5.76. The highest BCUT2D eigenvalue weighted by molar-refractivity contribution is 7.21. The maximum atomic E-state index is 12.7. The van der Waals surface area contributed by atoms with E-state index in [1.165, 1.54) is 11.3 Å². The number of nitrogens with zero attached hydrogens (tertiary/aromatic N) is 1. The number of ether oxygens (including phenoxy) is 2. The van der Waals surface area contributed by atoms with Crippen molar-refractivity contribution in [1.29, 1.82) is 0 Å². The fourth-order valence-corrected chi connectivity index (χ4v) is 5.18. The smallest absolute Gasteiger partial charge is 0.350 e. The SMILES string of the molecule is Cc1cc(C(=O)COC(=O)c2sc3ccccc3c2Cl)c(C)n1CC1CCCO1. The third-order valence-corrected chi connectivity index (χ3v) is 6.99. The Hall–Kier alpha value is -2.15. The summed E-state index contributed by atoms with van der Waals surface area (Å²) >= 11 is 7.60. The van der Waals surface area contributed by atoms with Crippen LogP contribution in [0.15, 0.2) is 30.3 Å². The molecule has 152 valence electrons. The van der Waals surface area contributed by atoms with Gasteiger partial charge >= 0.3 is 5.97 Å². The lowest BCUT2D eigenvalue weighted by atomic mass is 10.1. The van der Waals surface area contributed by atoms with Crippen molar-refractivity contribution >= 4 is 44.8 Å². The van der Waals surface area contributed by atoms with Crippen LogP contribution in [0.2, 0.25) is 5.02 Å². The predicted octanol–water partition coefficient (Wildman–Crippen LogP) is 5.19. The van der Waals surface area contributed by atoms with Crippen molar-refractivity contribution in [2.75, 3.05) is 13.2 Å². The van der Waals surface area contributed by atoms with Crippen LogP contribution in [0.5, 0.6) is 0 Å². The van der Waals surface area contributed by atoms with Crippen LogP contribution in [-0.2, 0) is 16.0 Å². The number of aryl methyl sites for hydroxylation is 1. The fraction of sp³-hybridized carbons (Fsp3) is 0.364. The number of halogens is 1. The molecular weight excluding hydrogens is 410 g/mol. The molecule has 0 radical (unpaired) electrons. The van der Waals surface area contributed by atoms with Gasteiger partial charge in [-0.1, -0.05) is 29.8 Å². The normalized spacial score (nSPS) is 16.4. The Morgan fingerprint density at radius 3 is 2.83 bits per heavy atom. The van der Waals surface area contributed by atoms with Gasteiger partial charge in [0, 0.05) is 40.2 Å². The first-order chi connectivity index (χ1) is 14.0. The molecule has 1 fully saturated rings. The van der Waals surface area contributed by atoms with Crippen LogP contribution >= 0.6 is 22.9 Å². The van der Waals surface area contributed by atoms with Gasteiger partial charge in [0.25, 0.3) is 0 Å². The number of carbonyl (C=O) groups is 2. The second kappa shape index (κ2) is 8.30. The number of hydrogen-bond acceptors (Lipinski definition) is 5. The number of thiophene rings is 1. The van der Waals surface area contributed by atoms with Crippen LogP contribution < -0.4 is 0 Å². The number of aromatic nitrogens is 1. The van der Waals surface area contributed by atoms with Crippen LogP contribution in [0, 0.1) is 13.8 Å². The van der Waals surface area contributed by atoms with Gasteiger partial charge in [-0.3, -0.25) is 4.79 Å². The van der Waals surface area contributed by atoms with E-state index < -0.39 is 5.97 Å². The van der Waals surface area contributed by atoms with E-state index in [2.05, 4.69) is 4.57 Å².